The van der Waals surface area contributed by atoms with Gasteiger partial charge in [0.05, 0.1) is 13.1 Å². The number of hydrogen-bond acceptors (Lipinski definition) is 8. The van der Waals surface area contributed by atoms with Crippen LogP contribution in [0.15, 0.2) is 9.98 Å². The van der Waals surface area contributed by atoms with E-state index in [9.17, 15) is 0 Å². The van der Waals surface area contributed by atoms with E-state index < -0.39 is 10.2 Å². The summed E-state index contributed by atoms with van der Waals surface area (Å²) >= 11 is 0. The molecule has 1 rings (SSSR count). The Hall–Kier alpha value is -0.610. The molecule has 0 saturated heterocycles. The molecule has 0 aromatic rings. The summed E-state index contributed by atoms with van der Waals surface area (Å²) in [5, 5.41) is 7.16. The summed E-state index contributed by atoms with van der Waals surface area (Å²) in [5.41, 5.74) is 2.62. The Labute approximate surface area is 153 Å². The molecule has 0 aromatic carbocycles. The van der Waals surface area contributed by atoms with Crippen LogP contribution in [0, 0.1) is 10.2 Å². The summed E-state index contributed by atoms with van der Waals surface area (Å²) < 4.78 is 30.2. The Morgan fingerprint density at radius 1 is 0.840 bits per heavy atom. The van der Waals surface area contributed by atoms with Gasteiger partial charge >= 0.3 is 28.9 Å². The molecule has 0 radical (unpaired) electrons. The van der Waals surface area contributed by atoms with Crippen molar-refractivity contribution in [3.8, 4) is 0 Å². The molecule has 150 valence electrons. The second-order valence-corrected chi connectivity index (χ2v) is 8.51. The van der Waals surface area contributed by atoms with Crippen molar-refractivity contribution in [1.29, 1.82) is 0 Å². The third kappa shape index (κ3) is 16.6. The van der Waals surface area contributed by atoms with Crippen molar-refractivity contribution in [3.63, 3.8) is 0 Å². The normalized spacial score (nSPS) is 23.3. The van der Waals surface area contributed by atoms with Gasteiger partial charge in [0.1, 0.15) is 0 Å². The zero-order chi connectivity index (χ0) is 19.7. The Balaban J connectivity index is 0.00000101. The first-order valence-electron chi connectivity index (χ1n) is 8.36. The van der Waals surface area contributed by atoms with Gasteiger partial charge in [0, 0.05) is 48.4 Å². The van der Waals surface area contributed by atoms with Crippen molar-refractivity contribution in [2.75, 3.05) is 26.2 Å². The summed E-state index contributed by atoms with van der Waals surface area (Å²) in [6.45, 7) is 16.7. The fourth-order valence-corrected chi connectivity index (χ4v) is 2.80. The zero-order valence-electron chi connectivity index (χ0n) is 16.3. The summed E-state index contributed by atoms with van der Waals surface area (Å²) in [7, 11) is -4.19. The van der Waals surface area contributed by atoms with Crippen LogP contribution in [0.3, 0.4) is 0 Å². The van der Waals surface area contributed by atoms with Crippen molar-refractivity contribution < 1.29 is 28.9 Å². The van der Waals surface area contributed by atoms with Crippen molar-refractivity contribution >= 4 is 11.4 Å². The Kier molecular flexibility index (Phi) is 10.3. The first-order chi connectivity index (χ1) is 11.2. The van der Waals surface area contributed by atoms with E-state index in [0.717, 1.165) is 39.0 Å². The fourth-order valence-electron chi connectivity index (χ4n) is 2.80. The van der Waals surface area contributed by atoms with Gasteiger partial charge in [-0.3, -0.25) is 9.98 Å². The van der Waals surface area contributed by atoms with E-state index in [1.54, 1.807) is 0 Å². The van der Waals surface area contributed by atoms with Crippen LogP contribution in [0.25, 0.3) is 0 Å². The van der Waals surface area contributed by atoms with Crippen LogP contribution in [-0.2, 0) is 0 Å². The van der Waals surface area contributed by atoms with E-state index in [-0.39, 0.29) is 11.1 Å². The van der Waals surface area contributed by atoms with Gasteiger partial charge in [-0.1, -0.05) is 0 Å². The minimum atomic E-state index is -4.19. The third-order valence-electron chi connectivity index (χ3n) is 3.59. The van der Waals surface area contributed by atoms with Crippen molar-refractivity contribution in [2.45, 2.75) is 65.5 Å². The first-order valence-corrected chi connectivity index (χ1v) is 9.69. The molecule has 0 unspecified atom stereocenters. The predicted molar refractivity (Wildman–Crippen MR) is 96.0 cm³/mol. The number of halogens is 1. The summed E-state index contributed by atoms with van der Waals surface area (Å²) in [5.74, 6) is 0. The summed E-state index contributed by atoms with van der Waals surface area (Å²) in [6, 6.07) is 0. The van der Waals surface area contributed by atoms with Gasteiger partial charge in [-0.15, -0.1) is 0 Å². The Morgan fingerprint density at radius 3 is 1.40 bits per heavy atom. The van der Waals surface area contributed by atoms with E-state index in [1.807, 2.05) is 0 Å². The average Bonchev–Trinajstić information content (AvgIpc) is 2.36. The number of hydrogen-bond donors (Lipinski definition) is 5. The maximum absolute atomic E-state index is 8.83. The molecule has 1 heterocycles. The topological polar surface area (TPSA) is 133 Å². The van der Waals surface area contributed by atoms with Gasteiger partial charge in [0.25, 0.3) is 0 Å². The van der Waals surface area contributed by atoms with Gasteiger partial charge in [-0.2, -0.15) is 0 Å². The van der Waals surface area contributed by atoms with E-state index in [2.05, 4.69) is 62.2 Å². The Morgan fingerprint density at radius 2 is 1.12 bits per heavy atom. The molecule has 0 amide bonds. The van der Waals surface area contributed by atoms with Gasteiger partial charge in [0.15, 0.2) is 0 Å². The van der Waals surface area contributed by atoms with E-state index in [1.165, 1.54) is 11.4 Å². The van der Waals surface area contributed by atoms with E-state index in [0.29, 0.717) is 0 Å². The monoisotopic (exact) mass is 382 g/mol. The third-order valence-corrected chi connectivity index (χ3v) is 3.59. The minimum absolute atomic E-state index is 0.0911. The molecule has 0 saturated carbocycles. The van der Waals surface area contributed by atoms with Gasteiger partial charge in [-0.25, -0.2) is 0 Å². The summed E-state index contributed by atoms with van der Waals surface area (Å²) in [6.07, 6.45) is 1.97. The molecule has 0 spiro atoms. The molecule has 0 aliphatic carbocycles. The number of aliphatic imine (C=N–C) groups is 2. The SMILES string of the molecule is CC1=NCCNC(C)(C)CC(C)=NCCNC(C)(C)C1.[O-][Cl+](O)(O)O. The van der Waals surface area contributed by atoms with E-state index >= 15 is 0 Å². The molecule has 0 aromatic heterocycles. The molecule has 0 fully saturated rings. The molecule has 9 heteroatoms. The van der Waals surface area contributed by atoms with Gasteiger partial charge < -0.3 is 10.6 Å². The van der Waals surface area contributed by atoms with Crippen molar-refractivity contribution in [3.05, 3.63) is 0 Å². The van der Waals surface area contributed by atoms with Gasteiger partial charge in [-0.05, 0) is 41.5 Å². The van der Waals surface area contributed by atoms with Crippen molar-refractivity contribution in [1.82, 2.24) is 10.6 Å². The Bertz CT molecular complexity index is 418. The van der Waals surface area contributed by atoms with Crippen LogP contribution in [0.2, 0.25) is 0 Å². The average molecular weight is 383 g/mol. The summed E-state index contributed by atoms with van der Waals surface area (Å²) in [4.78, 5) is 9.35. The number of nitrogens with zero attached hydrogens (tertiary/aromatic N) is 2. The van der Waals surface area contributed by atoms with Crippen LogP contribution in [0.4, 0.5) is 0 Å². The van der Waals surface area contributed by atoms with Gasteiger partial charge in [0.2, 0.25) is 0 Å². The number of nitrogens with one attached hydrogen (secondary N) is 2. The molecule has 1 aliphatic rings. The number of rotatable bonds is 0. The van der Waals surface area contributed by atoms with Crippen LogP contribution < -0.4 is 15.3 Å². The molecule has 1 aliphatic heterocycles. The predicted octanol–water partition coefficient (Wildman–Crippen LogP) is -0.422. The second kappa shape index (κ2) is 10.5. The standard InChI is InChI=1S/C16H32N4.ClH3O4/c1-13-11-15(3,4)19-10-8-18-14(2)12-16(5,6)20-9-7-17-13;2-1(3,4)5/h19-20H,7-12H2,1-6H3;2-4H. The first kappa shape index (κ1) is 24.4. The quantitative estimate of drug-likeness (QED) is 0.386. The molecule has 0 bridgehead atoms. The van der Waals surface area contributed by atoms with Crippen LogP contribution >= 0.6 is 0 Å². The van der Waals surface area contributed by atoms with Crippen molar-refractivity contribution in [2.24, 2.45) is 9.98 Å². The molecule has 5 N–H and O–H groups in total. The molecule has 0 atom stereocenters. The van der Waals surface area contributed by atoms with E-state index in [4.69, 9.17) is 18.6 Å². The maximum atomic E-state index is 8.83. The molecular formula is C16H35ClN4O4. The van der Waals surface area contributed by atoms with Crippen LogP contribution in [-0.4, -0.2) is 62.7 Å². The molecular weight excluding hydrogens is 348 g/mol. The van der Waals surface area contributed by atoms with Crippen LogP contribution in [0.1, 0.15) is 54.4 Å². The molecule has 8 nitrogen and oxygen atoms in total. The fraction of sp³-hybridized carbons (Fsp3) is 0.875. The second-order valence-electron chi connectivity index (χ2n) is 7.64. The zero-order valence-corrected chi connectivity index (χ0v) is 17.0. The molecule has 25 heavy (non-hydrogen) atoms. The van der Waals surface area contributed by atoms with Crippen LogP contribution in [0.5, 0.6) is 0 Å².